The Balaban J connectivity index is 1.89. The van der Waals surface area contributed by atoms with Crippen LogP contribution in [-0.2, 0) is 21.2 Å². The zero-order valence-electron chi connectivity index (χ0n) is 17.2. The van der Waals surface area contributed by atoms with E-state index in [0.717, 1.165) is 11.8 Å². The number of anilines is 2. The number of nitrogens with zero attached hydrogens (tertiary/aromatic N) is 2. The van der Waals surface area contributed by atoms with Crippen LogP contribution in [0.3, 0.4) is 0 Å². The van der Waals surface area contributed by atoms with Gasteiger partial charge in [0.25, 0.3) is 0 Å². The van der Waals surface area contributed by atoms with Crippen molar-refractivity contribution >= 4 is 39.0 Å². The lowest BCUT2D eigenvalue weighted by molar-refractivity contribution is -0.116. The van der Waals surface area contributed by atoms with Crippen molar-refractivity contribution in [3.8, 4) is 11.5 Å². The number of nitrogen functional groups attached to an aromatic ring is 1. The fourth-order valence-electron chi connectivity index (χ4n) is 2.88. The molecule has 1 amide bonds. The second-order valence-electron chi connectivity index (χ2n) is 6.35. The van der Waals surface area contributed by atoms with E-state index in [4.69, 9.17) is 15.2 Å². The summed E-state index contributed by atoms with van der Waals surface area (Å²) in [6.07, 6.45) is 1.69. The van der Waals surface area contributed by atoms with Gasteiger partial charge >= 0.3 is 0 Å². The molecule has 0 saturated heterocycles. The first kappa shape index (κ1) is 22.5. The number of ether oxygens (including phenoxy) is 2. The molecule has 0 radical (unpaired) electrons. The van der Waals surface area contributed by atoms with Gasteiger partial charge in [-0.05, 0) is 18.4 Å². The van der Waals surface area contributed by atoms with Crippen LogP contribution in [0.4, 0.5) is 11.5 Å². The maximum Gasteiger partial charge on any atom is 0.246 e. The summed E-state index contributed by atoms with van der Waals surface area (Å²) in [5.41, 5.74) is 6.58. The van der Waals surface area contributed by atoms with Crippen LogP contribution >= 0.6 is 11.8 Å². The molecule has 164 valence electrons. The number of sulfone groups is 1. The summed E-state index contributed by atoms with van der Waals surface area (Å²) in [4.78, 5) is 12.6. The monoisotopic (exact) mass is 462 g/mol. The van der Waals surface area contributed by atoms with Crippen molar-refractivity contribution in [3.63, 3.8) is 0 Å². The molecule has 1 aromatic heterocycles. The maximum absolute atomic E-state index is 13.1. The van der Waals surface area contributed by atoms with Crippen LogP contribution in [0, 0.1) is 0 Å². The Morgan fingerprint density at radius 1 is 1.13 bits per heavy atom. The van der Waals surface area contributed by atoms with Crippen LogP contribution in [0.5, 0.6) is 11.5 Å². The zero-order valence-corrected chi connectivity index (χ0v) is 18.8. The Morgan fingerprint density at radius 3 is 2.29 bits per heavy atom. The molecule has 0 atom stereocenters. The van der Waals surface area contributed by atoms with Crippen LogP contribution in [0.25, 0.3) is 0 Å². The highest BCUT2D eigenvalue weighted by atomic mass is 32.2. The summed E-state index contributed by atoms with van der Waals surface area (Å²) >= 11 is 1.14. The van der Waals surface area contributed by atoms with Gasteiger partial charge < -0.3 is 20.5 Å². The summed E-state index contributed by atoms with van der Waals surface area (Å²) in [5.74, 6) is 0.468. The van der Waals surface area contributed by atoms with Gasteiger partial charge in [0.2, 0.25) is 15.7 Å². The Morgan fingerprint density at radius 2 is 1.74 bits per heavy atom. The number of amides is 1. The van der Waals surface area contributed by atoms with E-state index < -0.39 is 15.7 Å². The van der Waals surface area contributed by atoms with E-state index in [9.17, 15) is 13.2 Å². The van der Waals surface area contributed by atoms with E-state index in [-0.39, 0.29) is 27.2 Å². The molecule has 3 rings (SSSR count). The molecule has 9 nitrogen and oxygen atoms in total. The molecule has 31 heavy (non-hydrogen) atoms. The van der Waals surface area contributed by atoms with Crippen molar-refractivity contribution in [3.05, 3.63) is 48.5 Å². The topological polar surface area (TPSA) is 126 Å². The first-order chi connectivity index (χ1) is 14.8. The third kappa shape index (κ3) is 4.78. The van der Waals surface area contributed by atoms with Crippen molar-refractivity contribution in [2.45, 2.75) is 21.4 Å². The minimum Gasteiger partial charge on any atom is -0.497 e. The molecule has 0 aliphatic heterocycles. The highest BCUT2D eigenvalue weighted by Crippen LogP contribution is 2.34. The number of thioether (sulfide) groups is 1. The molecule has 3 N–H and O–H groups in total. The van der Waals surface area contributed by atoms with Gasteiger partial charge in [-0.1, -0.05) is 18.2 Å². The van der Waals surface area contributed by atoms with Gasteiger partial charge in [-0.2, -0.15) is 5.10 Å². The lowest BCUT2D eigenvalue weighted by Gasteiger charge is -2.10. The third-order valence-electron chi connectivity index (χ3n) is 4.36. The van der Waals surface area contributed by atoms with Crippen LogP contribution < -0.4 is 20.5 Å². The second-order valence-corrected chi connectivity index (χ2v) is 9.03. The normalized spacial score (nSPS) is 11.2. The molecule has 3 aromatic rings. The molecule has 1 heterocycles. The molecule has 0 saturated carbocycles. The molecular formula is C20H22N4O5S2. The second kappa shape index (κ2) is 9.31. The van der Waals surface area contributed by atoms with E-state index in [2.05, 4.69) is 10.4 Å². The van der Waals surface area contributed by atoms with Crippen molar-refractivity contribution in [1.82, 2.24) is 9.78 Å². The summed E-state index contributed by atoms with van der Waals surface area (Å²) in [7, 11) is -0.891. The molecule has 11 heteroatoms. The number of rotatable bonds is 8. The number of hydrogen-bond donors (Lipinski definition) is 2. The number of benzene rings is 2. The van der Waals surface area contributed by atoms with Gasteiger partial charge in [-0.3, -0.25) is 4.79 Å². The number of nitrogens with one attached hydrogen (secondary N) is 1. The molecule has 0 unspecified atom stereocenters. The Hall–Kier alpha value is -3.18. The van der Waals surface area contributed by atoms with Crippen LogP contribution in [-0.4, -0.2) is 44.6 Å². The first-order valence-electron chi connectivity index (χ1n) is 9.03. The smallest absolute Gasteiger partial charge is 0.246 e. The molecular weight excluding hydrogens is 440 g/mol. The number of carbonyl (C=O) groups excluding carboxylic acids is 1. The standard InChI is InChI=1S/C20H22N4O5S2/c1-28-14-9-13(10-15(11-14)29-2)22-17(25)12-24-19(21)18(20(23-24)30-3)31(26,27)16-7-5-4-6-8-16/h4-11H,12,21H2,1-3H3,(H,22,25). The van der Waals surface area contributed by atoms with Crippen molar-refractivity contribution in [2.75, 3.05) is 31.5 Å². The zero-order chi connectivity index (χ0) is 22.6. The van der Waals surface area contributed by atoms with Gasteiger partial charge in [-0.15, -0.1) is 11.8 Å². The van der Waals surface area contributed by atoms with E-state index in [1.807, 2.05) is 0 Å². The SMILES string of the molecule is COc1cc(NC(=O)Cn2nc(SC)c(S(=O)(=O)c3ccccc3)c2N)cc(OC)c1. The summed E-state index contributed by atoms with van der Waals surface area (Å²) < 4.78 is 37.7. The maximum atomic E-state index is 13.1. The molecule has 0 spiro atoms. The minimum absolute atomic E-state index is 0.101. The molecule has 0 aliphatic rings. The van der Waals surface area contributed by atoms with Crippen molar-refractivity contribution in [1.29, 1.82) is 0 Å². The van der Waals surface area contributed by atoms with E-state index >= 15 is 0 Å². The average molecular weight is 463 g/mol. The van der Waals surface area contributed by atoms with Crippen molar-refractivity contribution in [2.24, 2.45) is 0 Å². The highest BCUT2D eigenvalue weighted by Gasteiger charge is 2.29. The third-order valence-corrected chi connectivity index (χ3v) is 7.00. The van der Waals surface area contributed by atoms with Gasteiger partial charge in [-0.25, -0.2) is 13.1 Å². The summed E-state index contributed by atoms with van der Waals surface area (Å²) in [5, 5.41) is 7.17. The van der Waals surface area contributed by atoms with Gasteiger partial charge in [0.15, 0.2) is 0 Å². The Kier molecular flexibility index (Phi) is 6.76. The Bertz CT molecular complexity index is 1170. The molecule has 0 bridgehead atoms. The minimum atomic E-state index is -3.90. The highest BCUT2D eigenvalue weighted by molar-refractivity contribution is 7.99. The molecule has 2 aromatic carbocycles. The van der Waals surface area contributed by atoms with E-state index in [1.54, 1.807) is 42.7 Å². The average Bonchev–Trinajstić information content (AvgIpc) is 3.09. The lowest BCUT2D eigenvalue weighted by Crippen LogP contribution is -2.21. The van der Waals surface area contributed by atoms with Crippen LogP contribution in [0.1, 0.15) is 0 Å². The fraction of sp³-hybridized carbons (Fsp3) is 0.200. The van der Waals surface area contributed by atoms with Gasteiger partial charge in [0, 0.05) is 23.9 Å². The largest absolute Gasteiger partial charge is 0.497 e. The first-order valence-corrected chi connectivity index (χ1v) is 11.7. The van der Waals surface area contributed by atoms with E-state index in [1.165, 1.54) is 31.0 Å². The number of aromatic nitrogens is 2. The van der Waals surface area contributed by atoms with Gasteiger partial charge in [0.1, 0.15) is 33.8 Å². The quantitative estimate of drug-likeness (QED) is 0.490. The molecule has 0 aliphatic carbocycles. The van der Waals surface area contributed by atoms with Crippen molar-refractivity contribution < 1.29 is 22.7 Å². The number of nitrogens with two attached hydrogens (primary N) is 1. The number of carbonyl (C=O) groups is 1. The predicted octanol–water partition coefficient (Wildman–Crippen LogP) is 2.68. The van der Waals surface area contributed by atoms with Gasteiger partial charge in [0.05, 0.1) is 19.1 Å². The predicted molar refractivity (Wildman–Crippen MR) is 118 cm³/mol. The lowest BCUT2D eigenvalue weighted by atomic mass is 10.2. The van der Waals surface area contributed by atoms with Crippen LogP contribution in [0.2, 0.25) is 0 Å². The van der Waals surface area contributed by atoms with E-state index in [0.29, 0.717) is 17.2 Å². The molecule has 0 fully saturated rings. The number of methoxy groups -OCH3 is 2. The Labute approximate surface area is 184 Å². The summed E-state index contributed by atoms with van der Waals surface area (Å²) in [6, 6.07) is 12.9. The number of hydrogen-bond acceptors (Lipinski definition) is 8. The summed E-state index contributed by atoms with van der Waals surface area (Å²) in [6.45, 7) is -0.275. The fourth-order valence-corrected chi connectivity index (χ4v) is 5.33. The van der Waals surface area contributed by atoms with Crippen LogP contribution in [0.15, 0.2) is 63.3 Å².